The number of thioether (sulfide) groups is 1. The van der Waals surface area contributed by atoms with Crippen LogP contribution in [0.5, 0.6) is 17.2 Å². The summed E-state index contributed by atoms with van der Waals surface area (Å²) >= 11 is 1.32. The lowest BCUT2D eigenvalue weighted by Crippen LogP contribution is -2.30. The molecule has 4 aromatic rings. The van der Waals surface area contributed by atoms with Crippen molar-refractivity contribution < 1.29 is 33.4 Å². The molecular weight excluding hydrogens is 594 g/mol. The Morgan fingerprint density at radius 1 is 0.778 bits per heavy atom. The number of hydrogen-bond donors (Lipinski definition) is 2. The summed E-state index contributed by atoms with van der Waals surface area (Å²) in [5.74, 6) is -0.392. The van der Waals surface area contributed by atoms with Crippen LogP contribution in [0.25, 0.3) is 6.08 Å². The number of carbonyl (C=O) groups is 4. The zero-order chi connectivity index (χ0) is 31.9. The van der Waals surface area contributed by atoms with Gasteiger partial charge in [0.25, 0.3) is 23.6 Å². The Balaban J connectivity index is 1.33. The van der Waals surface area contributed by atoms with Gasteiger partial charge in [0, 0.05) is 16.1 Å². The van der Waals surface area contributed by atoms with Gasteiger partial charge in [-0.3, -0.25) is 24.1 Å². The average Bonchev–Trinajstić information content (AvgIpc) is 3.32. The molecule has 0 radical (unpaired) electrons. The van der Waals surface area contributed by atoms with E-state index in [0.717, 1.165) is 4.90 Å². The number of rotatable bonds is 11. The molecule has 0 fully saturated rings. The molecule has 2 N–H and O–H groups in total. The Bertz CT molecular complexity index is 1730. The summed E-state index contributed by atoms with van der Waals surface area (Å²) in [6.45, 7) is 0. The van der Waals surface area contributed by atoms with E-state index in [1.54, 1.807) is 91.0 Å². The molecular formula is C34H29N3O7S. The van der Waals surface area contributed by atoms with Crippen LogP contribution in [0, 0.1) is 0 Å². The van der Waals surface area contributed by atoms with E-state index in [1.165, 1.54) is 44.1 Å². The number of amides is 4. The van der Waals surface area contributed by atoms with Crippen LogP contribution >= 0.6 is 11.8 Å². The molecule has 5 rings (SSSR count). The monoisotopic (exact) mass is 623 g/mol. The van der Waals surface area contributed by atoms with Crippen LogP contribution in [-0.4, -0.2) is 55.7 Å². The topological polar surface area (TPSA) is 123 Å². The van der Waals surface area contributed by atoms with Crippen LogP contribution in [0.2, 0.25) is 0 Å². The van der Waals surface area contributed by atoms with Crippen LogP contribution in [-0.2, 0) is 4.79 Å². The minimum atomic E-state index is -0.570. The summed E-state index contributed by atoms with van der Waals surface area (Å²) in [6.07, 6.45) is 1.51. The molecule has 45 heavy (non-hydrogen) atoms. The van der Waals surface area contributed by atoms with Crippen molar-refractivity contribution in [2.24, 2.45) is 0 Å². The van der Waals surface area contributed by atoms with Crippen molar-refractivity contribution in [3.63, 3.8) is 0 Å². The summed E-state index contributed by atoms with van der Waals surface area (Å²) in [4.78, 5) is 53.9. The van der Waals surface area contributed by atoms with E-state index in [9.17, 15) is 19.2 Å². The third-order valence-electron chi connectivity index (χ3n) is 6.88. The van der Waals surface area contributed by atoms with Gasteiger partial charge in [-0.05, 0) is 72.3 Å². The maximum Gasteiger partial charge on any atom is 0.272 e. The summed E-state index contributed by atoms with van der Waals surface area (Å²) in [7, 11) is 4.46. The van der Waals surface area contributed by atoms with E-state index in [0.29, 0.717) is 45.2 Å². The van der Waals surface area contributed by atoms with Crippen LogP contribution in [0.15, 0.2) is 102 Å². The van der Waals surface area contributed by atoms with E-state index in [-0.39, 0.29) is 23.4 Å². The van der Waals surface area contributed by atoms with Crippen LogP contribution < -0.4 is 24.8 Å². The first kappa shape index (κ1) is 30.9. The maximum absolute atomic E-state index is 13.5. The lowest BCUT2D eigenvalue weighted by atomic mass is 10.1. The fourth-order valence-corrected chi connectivity index (χ4v) is 5.46. The number of carbonyl (C=O) groups excluding carboxylic acids is 4. The highest BCUT2D eigenvalue weighted by Gasteiger charge is 2.34. The van der Waals surface area contributed by atoms with Crippen LogP contribution in [0.1, 0.15) is 36.6 Å². The van der Waals surface area contributed by atoms with Crippen molar-refractivity contribution >= 4 is 47.2 Å². The summed E-state index contributed by atoms with van der Waals surface area (Å²) in [6, 6.07) is 25.5. The van der Waals surface area contributed by atoms with Gasteiger partial charge in [0.2, 0.25) is 5.75 Å². The van der Waals surface area contributed by atoms with Crippen LogP contribution in [0.3, 0.4) is 0 Å². The molecule has 0 saturated heterocycles. The third-order valence-corrected chi connectivity index (χ3v) is 7.87. The summed E-state index contributed by atoms with van der Waals surface area (Å²) in [5.41, 5.74) is 2.13. The first-order chi connectivity index (χ1) is 21.8. The Hall–Kier alpha value is -5.55. The van der Waals surface area contributed by atoms with E-state index in [2.05, 4.69) is 10.6 Å². The van der Waals surface area contributed by atoms with E-state index in [1.807, 2.05) is 0 Å². The van der Waals surface area contributed by atoms with Gasteiger partial charge < -0.3 is 24.8 Å². The van der Waals surface area contributed by atoms with E-state index >= 15 is 0 Å². The lowest BCUT2D eigenvalue weighted by molar-refractivity contribution is -0.113. The second-order valence-corrected chi connectivity index (χ2v) is 10.7. The minimum absolute atomic E-state index is 0.0257. The molecule has 11 heteroatoms. The second kappa shape index (κ2) is 13.8. The van der Waals surface area contributed by atoms with Crippen molar-refractivity contribution in [3.8, 4) is 17.2 Å². The standard InChI is InChI=1S/C34H29N3O7S/c1-42-28-18-21(19-29(43-2)30(28)44-3)17-27(36-31(38)22-9-5-4-6-10-22)32(39)35-23-13-15-24(16-14-23)45-20-37-33(40)25-11-7-8-12-26(25)34(37)41/h4-19H,20H2,1-3H3,(H,35,39)(H,36,38)/b27-17-. The average molecular weight is 624 g/mol. The highest BCUT2D eigenvalue weighted by Crippen LogP contribution is 2.38. The van der Waals surface area contributed by atoms with Gasteiger partial charge in [0.1, 0.15) is 5.70 Å². The number of nitrogens with one attached hydrogen (secondary N) is 2. The van der Waals surface area contributed by atoms with Gasteiger partial charge >= 0.3 is 0 Å². The van der Waals surface area contributed by atoms with Crippen molar-refractivity contribution in [3.05, 3.63) is 119 Å². The number of hydrogen-bond acceptors (Lipinski definition) is 8. The number of fused-ring (bicyclic) bond motifs is 1. The Kier molecular flexibility index (Phi) is 9.49. The van der Waals surface area contributed by atoms with Crippen molar-refractivity contribution in [1.82, 2.24) is 10.2 Å². The Labute approximate surface area is 264 Å². The summed E-state index contributed by atoms with van der Waals surface area (Å²) < 4.78 is 16.3. The zero-order valence-electron chi connectivity index (χ0n) is 24.7. The van der Waals surface area contributed by atoms with Crippen LogP contribution in [0.4, 0.5) is 5.69 Å². The molecule has 0 aliphatic carbocycles. The highest BCUT2D eigenvalue weighted by atomic mass is 32.2. The predicted octanol–water partition coefficient (Wildman–Crippen LogP) is 5.47. The number of nitrogens with zero attached hydrogens (tertiary/aromatic N) is 1. The number of methoxy groups -OCH3 is 3. The number of anilines is 1. The number of benzene rings is 4. The fourth-order valence-electron chi connectivity index (χ4n) is 4.62. The molecule has 10 nitrogen and oxygen atoms in total. The van der Waals surface area contributed by atoms with E-state index < -0.39 is 11.8 Å². The van der Waals surface area contributed by atoms with E-state index in [4.69, 9.17) is 14.2 Å². The Morgan fingerprint density at radius 3 is 1.91 bits per heavy atom. The third kappa shape index (κ3) is 6.84. The second-order valence-electron chi connectivity index (χ2n) is 9.67. The highest BCUT2D eigenvalue weighted by molar-refractivity contribution is 7.99. The van der Waals surface area contributed by atoms with Crippen molar-refractivity contribution in [2.75, 3.05) is 32.5 Å². The maximum atomic E-state index is 13.5. The van der Waals surface area contributed by atoms with Gasteiger partial charge in [0.15, 0.2) is 11.5 Å². The van der Waals surface area contributed by atoms with Crippen molar-refractivity contribution in [1.29, 1.82) is 0 Å². The largest absolute Gasteiger partial charge is 0.493 e. The number of ether oxygens (including phenoxy) is 3. The molecule has 0 bridgehead atoms. The fraction of sp³-hybridized carbons (Fsp3) is 0.118. The lowest BCUT2D eigenvalue weighted by Gasteiger charge is -2.15. The predicted molar refractivity (Wildman–Crippen MR) is 171 cm³/mol. The summed E-state index contributed by atoms with van der Waals surface area (Å²) in [5, 5.41) is 5.52. The number of imide groups is 1. The molecule has 1 aliphatic heterocycles. The van der Waals surface area contributed by atoms with Gasteiger partial charge in [-0.15, -0.1) is 11.8 Å². The quantitative estimate of drug-likeness (QED) is 0.128. The van der Waals surface area contributed by atoms with Gasteiger partial charge in [-0.2, -0.15) is 0 Å². The molecule has 0 spiro atoms. The van der Waals surface area contributed by atoms with Gasteiger partial charge in [0.05, 0.1) is 38.3 Å². The molecule has 1 aliphatic rings. The normalized spacial score (nSPS) is 12.4. The van der Waals surface area contributed by atoms with Gasteiger partial charge in [-0.25, -0.2) is 0 Å². The molecule has 4 aromatic carbocycles. The SMILES string of the molecule is COc1cc(/C=C(\NC(=O)c2ccccc2)C(=O)Nc2ccc(SCN3C(=O)c4ccccc4C3=O)cc2)cc(OC)c1OC. The molecule has 0 atom stereocenters. The molecule has 4 amide bonds. The molecule has 228 valence electrons. The zero-order valence-corrected chi connectivity index (χ0v) is 25.5. The molecule has 1 heterocycles. The molecule has 0 unspecified atom stereocenters. The molecule has 0 aromatic heterocycles. The van der Waals surface area contributed by atoms with Crippen molar-refractivity contribution in [2.45, 2.75) is 4.90 Å². The first-order valence-corrected chi connectivity index (χ1v) is 14.7. The molecule has 0 saturated carbocycles. The van der Waals surface area contributed by atoms with Gasteiger partial charge in [-0.1, -0.05) is 30.3 Å². The minimum Gasteiger partial charge on any atom is -0.493 e. The first-order valence-electron chi connectivity index (χ1n) is 13.7. The smallest absolute Gasteiger partial charge is 0.272 e. The Morgan fingerprint density at radius 2 is 1.36 bits per heavy atom.